The maximum absolute atomic E-state index is 5.26. The molecule has 0 aliphatic carbocycles. The second kappa shape index (κ2) is 41.4. The van der Waals surface area contributed by atoms with Gasteiger partial charge in [0.15, 0.2) is 0 Å². The summed E-state index contributed by atoms with van der Waals surface area (Å²) in [5.41, 5.74) is -0.694. The fraction of sp³-hybridized carbons (Fsp3) is 0.882. The van der Waals surface area contributed by atoms with Gasteiger partial charge in [-0.1, -0.05) is 0 Å². The molecule has 0 spiro atoms. The van der Waals surface area contributed by atoms with Crippen LogP contribution in [-0.2, 0) is 12.8 Å². The largest absolute Gasteiger partial charge is 0.354 e. The van der Waals surface area contributed by atoms with Crippen molar-refractivity contribution in [2.45, 2.75) is 501 Å². The highest BCUT2D eigenvalue weighted by atomic mass is 15.3. The standard InChI is InChI=1S/C102H190N32/c1-87(2)51-67(52-88(3,4)125-87)49-75-113-77(117-81(115-75)107-69-55-91(9,10)127-92(11,12)56-69)103-39-35-45-133(47-37-41-105-79-119-83(109-71-59-95(17,18)129-96(19,20)60-71)123-84(120-79)110-72-61-97(21,22)130-98(23,24)62-72)43-33-34-44-134(46-36-40-104-78-114-76(50-68-53-89(5,6)126-90(7,8)54-68)116-82(118-78)108-70-57-93(13,14)128-94(15,16)58-70)48-38-42-106-80-121-85(111-73-63-99(25,26)131-100(27,28)64-73)124-86(122-80)112-74-65-101(29,30)132-102(31,32)66-74/h67-74,125-132H,33-66H2,1-32H3,(H2,103,107,113,115,117)(H2,104,108,114,116,118)(H3,105,109,110,119,120,123)(H3,106,111,112,121,122,124). The summed E-state index contributed by atoms with van der Waals surface area (Å²) in [5.74, 6) is 8.69. The van der Waals surface area contributed by atoms with Gasteiger partial charge in [-0.3, -0.25) is 0 Å². The number of hydrogen-bond donors (Lipinski definition) is 18. The summed E-state index contributed by atoms with van der Waals surface area (Å²) in [6.07, 6.45) is 22.7. The fourth-order valence-corrected chi connectivity index (χ4v) is 27.3. The van der Waals surface area contributed by atoms with Crippen LogP contribution in [0.3, 0.4) is 0 Å². The van der Waals surface area contributed by atoms with Crippen molar-refractivity contribution >= 4 is 59.5 Å². The molecule has 8 aliphatic heterocycles. The minimum atomic E-state index is -0.0617. The molecule has 0 amide bonds. The monoisotopic (exact) mass is 1860 g/mol. The minimum absolute atomic E-state index is 0.00168. The molecule has 4 aromatic rings. The molecule has 12 heterocycles. The van der Waals surface area contributed by atoms with E-state index in [9.17, 15) is 0 Å². The summed E-state index contributed by atoms with van der Waals surface area (Å²) >= 11 is 0. The van der Waals surface area contributed by atoms with Gasteiger partial charge in [0.05, 0.1) is 0 Å². The van der Waals surface area contributed by atoms with Gasteiger partial charge in [-0.2, -0.15) is 59.8 Å². The van der Waals surface area contributed by atoms with Crippen LogP contribution in [0.5, 0.6) is 0 Å². The Morgan fingerprint density at radius 3 is 0.522 bits per heavy atom. The van der Waals surface area contributed by atoms with Crippen molar-refractivity contribution in [2.75, 3.05) is 119 Å². The zero-order valence-electron chi connectivity index (χ0n) is 89.9. The molecule has 0 saturated carbocycles. The minimum Gasteiger partial charge on any atom is -0.354 e. The van der Waals surface area contributed by atoms with E-state index in [0.29, 0.717) is 97.5 Å². The lowest BCUT2D eigenvalue weighted by atomic mass is 9.74. The SMILES string of the molecule is CC1(C)CC(Cc2nc(NCCCN(CCCCN(CCCNc3nc(CC4CC(C)(C)NC(C)(C)C4)nc(NC4CC(C)(C)NC(C)(C)C4)n3)CCCNc3nc(NC4CC(C)(C)NC(C)(C)C4)nc(NC4CC(C)(C)NC(C)(C)C4)n3)CCCNc3nc(NC4CC(C)(C)NC(C)(C)C4)nc(NC4CC(C)(C)NC(C)(C)C4)n3)nc(NC3CC(C)(C)NC(C)(C)C3)n2)CC(C)(C)N1. The number of piperidine rings is 8. The van der Waals surface area contributed by atoms with Gasteiger partial charge in [-0.25, -0.2) is 0 Å². The zero-order chi connectivity index (χ0) is 98.0. The molecule has 32 heteroatoms. The van der Waals surface area contributed by atoms with Gasteiger partial charge in [0.25, 0.3) is 0 Å². The lowest BCUT2D eigenvalue weighted by Crippen LogP contribution is -2.60. The summed E-state index contributed by atoms with van der Waals surface area (Å²) in [5, 5.41) is 69.2. The van der Waals surface area contributed by atoms with Crippen LogP contribution in [0.2, 0.25) is 0 Å². The number of aromatic nitrogens is 12. The van der Waals surface area contributed by atoms with Crippen molar-refractivity contribution < 1.29 is 0 Å². The van der Waals surface area contributed by atoms with E-state index in [0.717, 1.165) is 205 Å². The molecule has 0 atom stereocenters. The first-order valence-corrected chi connectivity index (χ1v) is 52.1. The Labute approximate surface area is 809 Å². The van der Waals surface area contributed by atoms with Crippen LogP contribution in [-0.4, -0.2) is 260 Å². The van der Waals surface area contributed by atoms with Crippen LogP contribution in [0.15, 0.2) is 0 Å². The second-order valence-electron chi connectivity index (χ2n) is 53.5. The van der Waals surface area contributed by atoms with Crippen molar-refractivity contribution in [3.8, 4) is 0 Å². The van der Waals surface area contributed by atoms with Crippen LogP contribution in [0.4, 0.5) is 59.5 Å². The van der Waals surface area contributed by atoms with Crippen molar-refractivity contribution in [1.82, 2.24) is 112 Å². The van der Waals surface area contributed by atoms with Crippen LogP contribution in [0, 0.1) is 11.8 Å². The summed E-state index contributed by atoms with van der Waals surface area (Å²) in [7, 11) is 0. The van der Waals surface area contributed by atoms with E-state index >= 15 is 0 Å². The van der Waals surface area contributed by atoms with Crippen LogP contribution in [0.25, 0.3) is 0 Å². The predicted octanol–water partition coefficient (Wildman–Crippen LogP) is 15.6. The smallest absolute Gasteiger partial charge is 0.229 e. The molecule has 8 saturated heterocycles. The van der Waals surface area contributed by atoms with E-state index in [-0.39, 0.29) is 125 Å². The molecular formula is C102H190N32. The van der Waals surface area contributed by atoms with Gasteiger partial charge in [0.2, 0.25) is 59.5 Å². The third kappa shape index (κ3) is 34.9. The molecule has 0 bridgehead atoms. The van der Waals surface area contributed by atoms with Crippen LogP contribution in [0.1, 0.15) is 374 Å². The number of rotatable bonds is 41. The first kappa shape index (κ1) is 107. The molecule has 134 heavy (non-hydrogen) atoms. The van der Waals surface area contributed by atoms with Gasteiger partial charge in [-0.05, 0) is 414 Å². The predicted molar refractivity (Wildman–Crippen MR) is 557 cm³/mol. The van der Waals surface area contributed by atoms with Crippen molar-refractivity contribution in [2.24, 2.45) is 11.8 Å². The molecule has 12 rings (SSSR count). The summed E-state index contributed by atoms with van der Waals surface area (Å²) in [4.78, 5) is 67.7. The Morgan fingerprint density at radius 2 is 0.336 bits per heavy atom. The van der Waals surface area contributed by atoms with E-state index < -0.39 is 0 Å². The first-order valence-electron chi connectivity index (χ1n) is 52.1. The van der Waals surface area contributed by atoms with E-state index in [1.165, 1.54) is 0 Å². The quantitative estimate of drug-likeness (QED) is 0.0184. The Hall–Kier alpha value is -6.36. The molecule has 0 aromatic carbocycles. The van der Waals surface area contributed by atoms with Crippen LogP contribution < -0.4 is 95.7 Å². The highest BCUT2D eigenvalue weighted by molar-refractivity contribution is 5.46. The van der Waals surface area contributed by atoms with E-state index in [4.69, 9.17) is 59.8 Å². The normalized spacial score (nSPS) is 24.6. The number of unbranched alkanes of at least 4 members (excludes halogenated alkanes) is 1. The Kier molecular flexibility index (Phi) is 32.9. The fourth-order valence-electron chi connectivity index (χ4n) is 27.3. The topological polar surface area (TPSA) is 378 Å². The average Bonchev–Trinajstić information content (AvgIpc) is 0.805. The van der Waals surface area contributed by atoms with Gasteiger partial charge in [0.1, 0.15) is 11.6 Å². The summed E-state index contributed by atoms with van der Waals surface area (Å²) < 4.78 is 0. The highest BCUT2D eigenvalue weighted by Crippen LogP contribution is 2.41. The zero-order valence-corrected chi connectivity index (χ0v) is 89.9. The molecule has 0 unspecified atom stereocenters. The maximum atomic E-state index is 5.26. The molecule has 758 valence electrons. The molecule has 0 radical (unpaired) electrons. The number of hydrogen-bond acceptors (Lipinski definition) is 32. The summed E-state index contributed by atoms with van der Waals surface area (Å²) in [6.45, 7) is 82.0. The lowest BCUT2D eigenvalue weighted by molar-refractivity contribution is 0.127. The third-order valence-corrected chi connectivity index (χ3v) is 28.2. The van der Waals surface area contributed by atoms with E-state index in [1.807, 2.05) is 0 Å². The number of nitrogens with zero attached hydrogens (tertiary/aromatic N) is 14. The third-order valence-electron chi connectivity index (χ3n) is 28.2. The molecule has 8 aliphatic rings. The van der Waals surface area contributed by atoms with E-state index in [1.54, 1.807) is 0 Å². The van der Waals surface area contributed by atoms with Gasteiger partial charge < -0.3 is 106 Å². The number of nitrogens with one attached hydrogen (secondary N) is 18. The van der Waals surface area contributed by atoms with Crippen LogP contribution >= 0.6 is 0 Å². The van der Waals surface area contributed by atoms with Gasteiger partial charge in [-0.15, -0.1) is 0 Å². The Balaban J connectivity index is 0.788. The van der Waals surface area contributed by atoms with Gasteiger partial charge in [0, 0.05) is 164 Å². The molecular weight excluding hydrogens is 1670 g/mol. The van der Waals surface area contributed by atoms with Crippen molar-refractivity contribution in [1.29, 1.82) is 0 Å². The van der Waals surface area contributed by atoms with Gasteiger partial charge >= 0.3 is 0 Å². The lowest BCUT2D eigenvalue weighted by Gasteiger charge is -2.47. The van der Waals surface area contributed by atoms with Crippen molar-refractivity contribution in [3.05, 3.63) is 11.6 Å². The first-order chi connectivity index (χ1) is 61.8. The molecule has 8 fully saturated rings. The highest BCUT2D eigenvalue weighted by Gasteiger charge is 2.47. The van der Waals surface area contributed by atoms with Crippen molar-refractivity contribution in [3.63, 3.8) is 0 Å². The second-order valence-corrected chi connectivity index (χ2v) is 53.5. The maximum Gasteiger partial charge on any atom is 0.229 e. The summed E-state index contributed by atoms with van der Waals surface area (Å²) in [6, 6.07) is 1.09. The average molecular weight is 1860 g/mol. The number of anilines is 10. The molecule has 32 nitrogen and oxygen atoms in total. The Bertz CT molecular complexity index is 3560. The van der Waals surface area contributed by atoms with E-state index in [2.05, 4.69) is 327 Å². The Morgan fingerprint density at radius 1 is 0.194 bits per heavy atom. The molecule has 4 aromatic heterocycles. The molecule has 18 N–H and O–H groups in total.